The molecular formula is C13H13FN2O2S. The van der Waals surface area contributed by atoms with Gasteiger partial charge in [-0.3, -0.25) is 4.72 Å². The highest BCUT2D eigenvalue weighted by atomic mass is 32.2. The maximum absolute atomic E-state index is 12.9. The number of nitrogens with one attached hydrogen (secondary N) is 1. The monoisotopic (exact) mass is 280 g/mol. The zero-order valence-electron chi connectivity index (χ0n) is 10.5. The van der Waals surface area contributed by atoms with E-state index in [0.29, 0.717) is 5.56 Å². The molecule has 19 heavy (non-hydrogen) atoms. The summed E-state index contributed by atoms with van der Waals surface area (Å²) in [4.78, 5) is 3.64. The van der Waals surface area contributed by atoms with Crippen LogP contribution in [-0.2, 0) is 10.0 Å². The third-order valence-corrected chi connectivity index (χ3v) is 4.08. The first-order valence-corrected chi connectivity index (χ1v) is 7.09. The molecule has 1 N–H and O–H groups in total. The molecule has 2 aromatic rings. The van der Waals surface area contributed by atoms with Crippen LogP contribution in [0.5, 0.6) is 0 Å². The van der Waals surface area contributed by atoms with E-state index in [1.165, 1.54) is 12.1 Å². The van der Waals surface area contributed by atoms with Gasteiger partial charge in [-0.2, -0.15) is 4.39 Å². The van der Waals surface area contributed by atoms with Crippen molar-refractivity contribution in [1.29, 1.82) is 0 Å². The van der Waals surface area contributed by atoms with Crippen molar-refractivity contribution in [3.05, 3.63) is 53.5 Å². The summed E-state index contributed by atoms with van der Waals surface area (Å²) < 4.78 is 39.6. The number of rotatable bonds is 3. The van der Waals surface area contributed by atoms with Crippen LogP contribution in [-0.4, -0.2) is 13.4 Å². The predicted molar refractivity (Wildman–Crippen MR) is 70.9 cm³/mol. The van der Waals surface area contributed by atoms with Gasteiger partial charge in [0.2, 0.25) is 5.95 Å². The smallest absolute Gasteiger partial charge is 0.263 e. The number of halogens is 1. The minimum absolute atomic E-state index is 0.0408. The molecule has 0 bridgehead atoms. The number of anilines is 1. The van der Waals surface area contributed by atoms with Crippen LogP contribution in [0, 0.1) is 19.8 Å². The number of sulfonamides is 1. The van der Waals surface area contributed by atoms with E-state index in [-0.39, 0.29) is 10.7 Å². The standard InChI is InChI=1S/C13H13FN2O2S/c1-9-6-7-10(2)11(8-9)19(17,18)16-13-5-3-4-12(14)15-13/h3-8H,1-2H3,(H,15,16). The highest BCUT2D eigenvalue weighted by Gasteiger charge is 2.17. The molecule has 0 spiro atoms. The molecule has 0 radical (unpaired) electrons. The van der Waals surface area contributed by atoms with Crippen molar-refractivity contribution in [3.8, 4) is 0 Å². The Hall–Kier alpha value is -1.95. The van der Waals surface area contributed by atoms with Gasteiger partial charge in [0.1, 0.15) is 5.82 Å². The number of pyridine rings is 1. The van der Waals surface area contributed by atoms with Gasteiger partial charge in [-0.25, -0.2) is 13.4 Å². The third kappa shape index (κ3) is 3.08. The minimum Gasteiger partial charge on any atom is -0.263 e. The fraction of sp³-hybridized carbons (Fsp3) is 0.154. The van der Waals surface area contributed by atoms with Crippen LogP contribution in [0.1, 0.15) is 11.1 Å². The lowest BCUT2D eigenvalue weighted by Crippen LogP contribution is -2.15. The Morgan fingerprint density at radius 2 is 1.89 bits per heavy atom. The van der Waals surface area contributed by atoms with E-state index < -0.39 is 16.0 Å². The van der Waals surface area contributed by atoms with Crippen LogP contribution in [0.25, 0.3) is 0 Å². The Labute approximate surface area is 111 Å². The Kier molecular flexibility index (Phi) is 3.53. The molecule has 100 valence electrons. The molecule has 1 heterocycles. The summed E-state index contributed by atoms with van der Waals surface area (Å²) in [5, 5.41) is 0. The molecular weight excluding hydrogens is 267 g/mol. The van der Waals surface area contributed by atoms with Gasteiger partial charge in [-0.1, -0.05) is 18.2 Å². The average Bonchev–Trinajstić information content (AvgIpc) is 2.31. The largest absolute Gasteiger partial charge is 0.263 e. The second-order valence-corrected chi connectivity index (χ2v) is 5.87. The van der Waals surface area contributed by atoms with Crippen molar-refractivity contribution in [2.75, 3.05) is 4.72 Å². The summed E-state index contributed by atoms with van der Waals surface area (Å²) in [5.41, 5.74) is 1.45. The van der Waals surface area contributed by atoms with E-state index in [2.05, 4.69) is 9.71 Å². The summed E-state index contributed by atoms with van der Waals surface area (Å²) >= 11 is 0. The summed E-state index contributed by atoms with van der Waals surface area (Å²) in [6.45, 7) is 3.51. The number of hydrogen-bond acceptors (Lipinski definition) is 3. The highest BCUT2D eigenvalue weighted by Crippen LogP contribution is 2.19. The highest BCUT2D eigenvalue weighted by molar-refractivity contribution is 7.92. The maximum atomic E-state index is 12.9. The molecule has 4 nitrogen and oxygen atoms in total. The molecule has 0 atom stereocenters. The number of aryl methyl sites for hydroxylation is 2. The SMILES string of the molecule is Cc1ccc(C)c(S(=O)(=O)Nc2cccc(F)n2)c1. The summed E-state index contributed by atoms with van der Waals surface area (Å²) in [6.07, 6.45) is 0. The second-order valence-electron chi connectivity index (χ2n) is 4.22. The molecule has 1 aromatic carbocycles. The van der Waals surface area contributed by atoms with E-state index in [0.717, 1.165) is 11.6 Å². The molecule has 6 heteroatoms. The van der Waals surface area contributed by atoms with Crippen molar-refractivity contribution in [1.82, 2.24) is 4.98 Å². The van der Waals surface area contributed by atoms with Crippen LogP contribution in [0.3, 0.4) is 0 Å². The Balaban J connectivity index is 2.40. The lowest BCUT2D eigenvalue weighted by atomic mass is 10.2. The van der Waals surface area contributed by atoms with Gasteiger partial charge in [0.25, 0.3) is 10.0 Å². The lowest BCUT2D eigenvalue weighted by molar-refractivity contribution is 0.584. The summed E-state index contributed by atoms with van der Waals surface area (Å²) in [7, 11) is -3.76. The van der Waals surface area contributed by atoms with Crippen LogP contribution in [0.2, 0.25) is 0 Å². The number of aromatic nitrogens is 1. The topological polar surface area (TPSA) is 59.1 Å². The molecule has 0 saturated carbocycles. The van der Waals surface area contributed by atoms with Gasteiger partial charge in [-0.05, 0) is 43.2 Å². The van der Waals surface area contributed by atoms with Crippen LogP contribution in [0.15, 0.2) is 41.3 Å². The quantitative estimate of drug-likeness (QED) is 0.879. The normalized spacial score (nSPS) is 11.3. The number of hydrogen-bond donors (Lipinski definition) is 1. The van der Waals surface area contributed by atoms with Gasteiger partial charge in [0.15, 0.2) is 0 Å². The van der Waals surface area contributed by atoms with E-state index in [1.807, 2.05) is 6.07 Å². The van der Waals surface area contributed by atoms with Crippen LogP contribution < -0.4 is 4.72 Å². The predicted octanol–water partition coefficient (Wildman–Crippen LogP) is 2.64. The zero-order chi connectivity index (χ0) is 14.0. The van der Waals surface area contributed by atoms with E-state index in [1.54, 1.807) is 26.0 Å². The first-order chi connectivity index (χ1) is 8.88. The van der Waals surface area contributed by atoms with Crippen LogP contribution >= 0.6 is 0 Å². The molecule has 0 fully saturated rings. The molecule has 0 aliphatic rings. The molecule has 0 amide bonds. The van der Waals surface area contributed by atoms with Gasteiger partial charge in [0.05, 0.1) is 4.90 Å². The van der Waals surface area contributed by atoms with Gasteiger partial charge in [0, 0.05) is 0 Å². The number of benzene rings is 1. The van der Waals surface area contributed by atoms with E-state index in [9.17, 15) is 12.8 Å². The van der Waals surface area contributed by atoms with E-state index in [4.69, 9.17) is 0 Å². The average molecular weight is 280 g/mol. The maximum Gasteiger partial charge on any atom is 0.263 e. The fourth-order valence-corrected chi connectivity index (χ4v) is 2.99. The Bertz CT molecular complexity index is 714. The molecule has 0 aliphatic heterocycles. The van der Waals surface area contributed by atoms with Gasteiger partial charge >= 0.3 is 0 Å². The van der Waals surface area contributed by atoms with Gasteiger partial charge < -0.3 is 0 Å². The van der Waals surface area contributed by atoms with Crippen molar-refractivity contribution < 1.29 is 12.8 Å². The first-order valence-electron chi connectivity index (χ1n) is 5.61. The van der Waals surface area contributed by atoms with Crippen molar-refractivity contribution in [2.45, 2.75) is 18.7 Å². The molecule has 0 unspecified atom stereocenters. The molecule has 0 aliphatic carbocycles. The number of nitrogens with zero attached hydrogens (tertiary/aromatic N) is 1. The lowest BCUT2D eigenvalue weighted by Gasteiger charge is -2.10. The van der Waals surface area contributed by atoms with Gasteiger partial charge in [-0.15, -0.1) is 0 Å². The first kappa shape index (κ1) is 13.5. The fourth-order valence-electron chi connectivity index (χ4n) is 1.65. The Morgan fingerprint density at radius 3 is 2.58 bits per heavy atom. The van der Waals surface area contributed by atoms with E-state index >= 15 is 0 Å². The summed E-state index contributed by atoms with van der Waals surface area (Å²) in [6, 6.07) is 9.05. The Morgan fingerprint density at radius 1 is 1.16 bits per heavy atom. The minimum atomic E-state index is -3.76. The van der Waals surface area contributed by atoms with Crippen LogP contribution in [0.4, 0.5) is 10.2 Å². The van der Waals surface area contributed by atoms with Crippen molar-refractivity contribution in [3.63, 3.8) is 0 Å². The molecule has 1 aromatic heterocycles. The second kappa shape index (κ2) is 4.97. The summed E-state index contributed by atoms with van der Waals surface area (Å²) in [5.74, 6) is -0.776. The molecule has 0 saturated heterocycles. The van der Waals surface area contributed by atoms with Crippen molar-refractivity contribution in [2.24, 2.45) is 0 Å². The zero-order valence-corrected chi connectivity index (χ0v) is 11.3. The van der Waals surface area contributed by atoms with Crippen molar-refractivity contribution >= 4 is 15.8 Å². The third-order valence-electron chi connectivity index (χ3n) is 2.59. The molecule has 2 rings (SSSR count).